The van der Waals surface area contributed by atoms with Gasteiger partial charge in [0.2, 0.25) is 0 Å². The average Bonchev–Trinajstić information content (AvgIpc) is 2.86. The molecule has 0 aliphatic carbocycles. The lowest BCUT2D eigenvalue weighted by atomic mass is 10.0. The van der Waals surface area contributed by atoms with Crippen molar-refractivity contribution >= 4 is 32.4 Å². The largest absolute Gasteiger partial charge is 0.493 e. The van der Waals surface area contributed by atoms with Gasteiger partial charge in [-0.25, -0.2) is 0 Å². The van der Waals surface area contributed by atoms with Crippen molar-refractivity contribution in [2.24, 2.45) is 0 Å². The molecule has 0 saturated heterocycles. The Morgan fingerprint density at radius 2 is 1.28 bits per heavy atom. The van der Waals surface area contributed by atoms with E-state index >= 15 is 0 Å². The molecule has 0 unspecified atom stereocenters. The summed E-state index contributed by atoms with van der Waals surface area (Å²) in [6, 6.07) is 22.2. The van der Waals surface area contributed by atoms with Crippen molar-refractivity contribution in [3.8, 4) is 23.0 Å². The lowest BCUT2D eigenvalue weighted by Crippen LogP contribution is -1.98. The van der Waals surface area contributed by atoms with Crippen LogP contribution in [0.3, 0.4) is 0 Å². The molecule has 5 rings (SSSR count). The highest BCUT2D eigenvalue weighted by molar-refractivity contribution is 6.16. The van der Waals surface area contributed by atoms with Gasteiger partial charge in [0.25, 0.3) is 0 Å². The van der Waals surface area contributed by atoms with Gasteiger partial charge in [0.15, 0.2) is 23.0 Å². The van der Waals surface area contributed by atoms with Crippen LogP contribution >= 0.6 is 0 Å². The fourth-order valence-corrected chi connectivity index (χ4v) is 4.05. The number of rotatable bonds is 6. The van der Waals surface area contributed by atoms with Crippen LogP contribution in [-0.2, 0) is 6.61 Å². The Kier molecular flexibility index (Phi) is 5.15. The van der Waals surface area contributed by atoms with E-state index in [4.69, 9.17) is 23.9 Å². The number of fused-ring (bicyclic) bond motifs is 5. The quantitative estimate of drug-likeness (QED) is 0.306. The minimum absolute atomic E-state index is 0.468. The molecule has 0 N–H and O–H groups in total. The maximum Gasteiger partial charge on any atom is 0.162 e. The van der Waals surface area contributed by atoms with Gasteiger partial charge < -0.3 is 18.9 Å². The average molecular weight is 425 g/mol. The first-order valence-electron chi connectivity index (χ1n) is 10.3. The summed E-state index contributed by atoms with van der Waals surface area (Å²) >= 11 is 0. The van der Waals surface area contributed by atoms with Crippen molar-refractivity contribution in [1.82, 2.24) is 4.98 Å². The van der Waals surface area contributed by atoms with Crippen LogP contribution < -0.4 is 18.9 Å². The molecular formula is C27H23NO4. The van der Waals surface area contributed by atoms with Crippen LogP contribution in [0.2, 0.25) is 0 Å². The second-order valence-electron chi connectivity index (χ2n) is 7.51. The first-order valence-corrected chi connectivity index (χ1v) is 10.3. The maximum atomic E-state index is 6.08. The van der Waals surface area contributed by atoms with Gasteiger partial charge in [0, 0.05) is 22.4 Å². The molecule has 32 heavy (non-hydrogen) atoms. The molecule has 0 saturated carbocycles. The summed E-state index contributed by atoms with van der Waals surface area (Å²) in [5.74, 6) is 2.75. The number of hydrogen-bond acceptors (Lipinski definition) is 5. The van der Waals surface area contributed by atoms with Crippen LogP contribution in [0.5, 0.6) is 23.0 Å². The minimum atomic E-state index is 0.468. The van der Waals surface area contributed by atoms with Gasteiger partial charge in [-0.3, -0.25) is 4.98 Å². The first kappa shape index (κ1) is 19.9. The number of benzene rings is 4. The molecule has 5 heteroatoms. The van der Waals surface area contributed by atoms with Crippen LogP contribution in [-0.4, -0.2) is 26.3 Å². The Labute approximate surface area is 186 Å². The molecule has 0 radical (unpaired) electrons. The fourth-order valence-electron chi connectivity index (χ4n) is 4.05. The summed E-state index contributed by atoms with van der Waals surface area (Å²) in [7, 11) is 4.94. The van der Waals surface area contributed by atoms with E-state index in [0.717, 1.165) is 38.0 Å². The maximum absolute atomic E-state index is 6.08. The van der Waals surface area contributed by atoms with E-state index in [0.29, 0.717) is 29.6 Å². The van der Waals surface area contributed by atoms with E-state index in [1.165, 1.54) is 0 Å². The Morgan fingerprint density at radius 1 is 0.625 bits per heavy atom. The van der Waals surface area contributed by atoms with Crippen LogP contribution in [0.1, 0.15) is 5.56 Å². The smallest absolute Gasteiger partial charge is 0.162 e. The molecule has 160 valence electrons. The fraction of sp³-hybridized carbons (Fsp3) is 0.148. The molecule has 5 aromatic rings. The Balaban J connectivity index is 1.64. The molecule has 0 spiro atoms. The highest BCUT2D eigenvalue weighted by Gasteiger charge is 2.14. The summed E-state index contributed by atoms with van der Waals surface area (Å²) in [5.41, 5.74) is 2.00. The van der Waals surface area contributed by atoms with Crippen molar-refractivity contribution in [2.75, 3.05) is 21.3 Å². The third kappa shape index (κ3) is 3.42. The summed E-state index contributed by atoms with van der Waals surface area (Å²) in [4.78, 5) is 4.79. The van der Waals surface area contributed by atoms with Crippen molar-refractivity contribution in [3.63, 3.8) is 0 Å². The van der Waals surface area contributed by atoms with E-state index in [-0.39, 0.29) is 0 Å². The molecule has 0 atom stereocenters. The third-order valence-corrected chi connectivity index (χ3v) is 5.69. The second kappa shape index (κ2) is 8.27. The summed E-state index contributed by atoms with van der Waals surface area (Å²) < 4.78 is 22.7. The van der Waals surface area contributed by atoms with Gasteiger partial charge in [-0.15, -0.1) is 0 Å². The van der Waals surface area contributed by atoms with Gasteiger partial charge in [-0.2, -0.15) is 0 Å². The predicted octanol–water partition coefficient (Wildman–Crippen LogP) is 6.15. The van der Waals surface area contributed by atoms with E-state index in [9.17, 15) is 0 Å². The Bertz CT molecular complexity index is 1430. The highest BCUT2D eigenvalue weighted by atomic mass is 16.5. The van der Waals surface area contributed by atoms with Crippen molar-refractivity contribution in [2.45, 2.75) is 6.61 Å². The Hall–Kier alpha value is -3.99. The van der Waals surface area contributed by atoms with Gasteiger partial charge in [-0.05, 0) is 40.6 Å². The van der Waals surface area contributed by atoms with E-state index in [2.05, 4.69) is 12.1 Å². The zero-order valence-corrected chi connectivity index (χ0v) is 18.2. The predicted molar refractivity (Wildman–Crippen MR) is 127 cm³/mol. The van der Waals surface area contributed by atoms with E-state index in [1.807, 2.05) is 60.8 Å². The van der Waals surface area contributed by atoms with Crippen molar-refractivity contribution in [1.29, 1.82) is 0 Å². The monoisotopic (exact) mass is 425 g/mol. The minimum Gasteiger partial charge on any atom is -0.493 e. The van der Waals surface area contributed by atoms with Gasteiger partial charge >= 0.3 is 0 Å². The standard InChI is InChI=1S/C27H23NO4/c1-29-23-11-18-9-10-20-21-13-25(31-3)26(32-16-17-7-5-4-6-8-17)12-19(21)15-28-27(20)22(18)14-24(23)30-2/h4-15H,16H2,1-3H3. The van der Waals surface area contributed by atoms with Gasteiger partial charge in [0.1, 0.15) is 6.61 Å². The van der Waals surface area contributed by atoms with Crippen LogP contribution in [0.4, 0.5) is 0 Å². The third-order valence-electron chi connectivity index (χ3n) is 5.69. The second-order valence-corrected chi connectivity index (χ2v) is 7.51. The van der Waals surface area contributed by atoms with Crippen LogP contribution in [0.15, 0.2) is 72.9 Å². The highest BCUT2D eigenvalue weighted by Crippen LogP contribution is 2.39. The van der Waals surface area contributed by atoms with Gasteiger partial charge in [-0.1, -0.05) is 42.5 Å². The molecule has 0 aliphatic rings. The summed E-state index contributed by atoms with van der Waals surface area (Å²) in [5, 5.41) is 5.12. The summed E-state index contributed by atoms with van der Waals surface area (Å²) in [6.45, 7) is 0.468. The zero-order valence-electron chi connectivity index (χ0n) is 18.2. The van der Waals surface area contributed by atoms with E-state index < -0.39 is 0 Å². The van der Waals surface area contributed by atoms with Crippen LogP contribution in [0.25, 0.3) is 32.4 Å². The molecule has 1 heterocycles. The molecule has 0 aliphatic heterocycles. The number of ether oxygens (including phenoxy) is 4. The molecule has 5 nitrogen and oxygen atoms in total. The van der Waals surface area contributed by atoms with E-state index in [1.54, 1.807) is 21.3 Å². The first-order chi connectivity index (χ1) is 15.7. The lowest BCUT2D eigenvalue weighted by Gasteiger charge is -2.14. The number of aromatic nitrogens is 1. The SMILES string of the molecule is COc1cc2ccc3c4cc(OC)c(OCc5ccccc5)cc4cnc3c2cc1OC. The van der Waals surface area contributed by atoms with Crippen molar-refractivity contribution in [3.05, 3.63) is 78.5 Å². The summed E-state index contributed by atoms with van der Waals surface area (Å²) in [6.07, 6.45) is 1.88. The van der Waals surface area contributed by atoms with Gasteiger partial charge in [0.05, 0.1) is 26.8 Å². The Morgan fingerprint density at radius 3 is 2.03 bits per heavy atom. The molecule has 1 aromatic heterocycles. The lowest BCUT2D eigenvalue weighted by molar-refractivity contribution is 0.285. The topological polar surface area (TPSA) is 49.8 Å². The number of methoxy groups -OCH3 is 3. The normalized spacial score (nSPS) is 11.1. The molecule has 0 bridgehead atoms. The van der Waals surface area contributed by atoms with Crippen molar-refractivity contribution < 1.29 is 18.9 Å². The molecule has 4 aromatic carbocycles. The number of nitrogens with zero attached hydrogens (tertiary/aromatic N) is 1. The number of pyridine rings is 1. The number of hydrogen-bond donors (Lipinski definition) is 0. The zero-order chi connectivity index (χ0) is 22.1. The van der Waals surface area contributed by atoms with Crippen LogP contribution in [0, 0.1) is 0 Å². The molecule has 0 amide bonds. The molecule has 0 fully saturated rings. The molecular weight excluding hydrogens is 402 g/mol.